The van der Waals surface area contributed by atoms with Crippen molar-refractivity contribution in [2.24, 2.45) is 5.73 Å². The number of nitrogens with one attached hydrogen (secondary N) is 1. The number of hydrogen-bond acceptors (Lipinski definition) is 5. The number of piperidine rings is 2. The van der Waals surface area contributed by atoms with Crippen LogP contribution in [0.2, 0.25) is 0 Å². The summed E-state index contributed by atoms with van der Waals surface area (Å²) in [7, 11) is 0. The van der Waals surface area contributed by atoms with Crippen LogP contribution in [0.3, 0.4) is 0 Å². The van der Waals surface area contributed by atoms with Crippen LogP contribution in [0.25, 0.3) is 0 Å². The van der Waals surface area contributed by atoms with E-state index in [4.69, 9.17) is 5.73 Å². The summed E-state index contributed by atoms with van der Waals surface area (Å²) < 4.78 is 27.7. The normalized spacial score (nSPS) is 27.7. The molecule has 3 N–H and O–H groups in total. The maximum absolute atomic E-state index is 13.9. The van der Waals surface area contributed by atoms with E-state index in [0.29, 0.717) is 12.1 Å². The Morgan fingerprint density at radius 3 is 2.75 bits per heavy atom. The van der Waals surface area contributed by atoms with Crippen LogP contribution in [-0.4, -0.2) is 58.6 Å². The molecule has 3 aliphatic heterocycles. The maximum Gasteiger partial charge on any atom is 0.262 e. The Hall–Kier alpha value is -2.39. The van der Waals surface area contributed by atoms with Crippen LogP contribution in [-0.2, 0) is 22.7 Å². The van der Waals surface area contributed by atoms with Crippen LogP contribution >= 0.6 is 0 Å². The Balaban J connectivity index is 1.55. The second kappa shape index (κ2) is 6.89. The lowest BCUT2D eigenvalue weighted by Gasteiger charge is -2.36. The lowest BCUT2D eigenvalue weighted by Crippen LogP contribution is -2.52. The largest absolute Gasteiger partial charge is 0.326 e. The molecule has 150 valence electrons. The van der Waals surface area contributed by atoms with E-state index in [2.05, 4.69) is 5.32 Å². The molecule has 28 heavy (non-hydrogen) atoms. The van der Waals surface area contributed by atoms with Gasteiger partial charge in [0.05, 0.1) is 6.54 Å². The van der Waals surface area contributed by atoms with Crippen molar-refractivity contribution in [1.29, 1.82) is 0 Å². The predicted octanol–water partition coefficient (Wildman–Crippen LogP) is 0.616. The molecule has 3 aliphatic rings. The number of halogens is 2. The minimum absolute atomic E-state index is 0.185. The van der Waals surface area contributed by atoms with E-state index < -0.39 is 23.9 Å². The van der Waals surface area contributed by atoms with Crippen molar-refractivity contribution < 1.29 is 23.2 Å². The van der Waals surface area contributed by atoms with Crippen molar-refractivity contribution in [2.75, 3.05) is 13.1 Å². The van der Waals surface area contributed by atoms with Gasteiger partial charge in [0.15, 0.2) is 0 Å². The summed E-state index contributed by atoms with van der Waals surface area (Å²) in [5, 5.41) is 2.27. The van der Waals surface area contributed by atoms with Gasteiger partial charge < -0.3 is 10.6 Å². The molecule has 3 heterocycles. The molecule has 3 amide bonds. The van der Waals surface area contributed by atoms with Gasteiger partial charge in [-0.3, -0.25) is 24.6 Å². The van der Waals surface area contributed by atoms with Gasteiger partial charge in [-0.25, -0.2) is 8.78 Å². The third kappa shape index (κ3) is 3.51. The summed E-state index contributed by atoms with van der Waals surface area (Å²) in [6.07, 6.45) is 0.148. The van der Waals surface area contributed by atoms with Crippen LogP contribution < -0.4 is 11.1 Å². The fraction of sp³-hybridized carbons (Fsp3) is 0.526. The highest BCUT2D eigenvalue weighted by molar-refractivity contribution is 6.05. The van der Waals surface area contributed by atoms with Crippen molar-refractivity contribution in [3.8, 4) is 0 Å². The summed E-state index contributed by atoms with van der Waals surface area (Å²) in [5.41, 5.74) is 7.79. The first-order valence-electron chi connectivity index (χ1n) is 9.35. The van der Waals surface area contributed by atoms with Gasteiger partial charge in [0.1, 0.15) is 6.04 Å². The number of nitrogens with two attached hydrogens (primary N) is 1. The zero-order valence-electron chi connectivity index (χ0n) is 15.3. The van der Waals surface area contributed by atoms with Crippen LogP contribution in [0.1, 0.15) is 40.7 Å². The molecule has 1 aromatic rings. The first-order valence-corrected chi connectivity index (χ1v) is 9.35. The van der Waals surface area contributed by atoms with Crippen molar-refractivity contribution >= 4 is 17.7 Å². The Bertz CT molecular complexity index is 844. The van der Waals surface area contributed by atoms with Gasteiger partial charge in [-0.05, 0) is 23.6 Å². The number of alkyl halides is 2. The van der Waals surface area contributed by atoms with Crippen molar-refractivity contribution in [3.63, 3.8) is 0 Å². The van der Waals surface area contributed by atoms with Crippen LogP contribution in [0.15, 0.2) is 18.2 Å². The number of benzene rings is 1. The molecule has 2 atom stereocenters. The van der Waals surface area contributed by atoms with E-state index in [1.54, 1.807) is 17.0 Å². The van der Waals surface area contributed by atoms with E-state index in [0.717, 1.165) is 11.1 Å². The molecule has 0 radical (unpaired) electrons. The maximum atomic E-state index is 13.9. The number of nitrogens with zero attached hydrogens (tertiary/aromatic N) is 2. The average molecular weight is 392 g/mol. The minimum Gasteiger partial charge on any atom is -0.326 e. The summed E-state index contributed by atoms with van der Waals surface area (Å²) in [6, 6.07) is 3.93. The number of amides is 3. The molecule has 1 unspecified atom stereocenters. The van der Waals surface area contributed by atoms with Crippen LogP contribution in [0, 0.1) is 0 Å². The smallest absolute Gasteiger partial charge is 0.262 e. The second-order valence-corrected chi connectivity index (χ2v) is 7.83. The highest BCUT2D eigenvalue weighted by Gasteiger charge is 2.41. The Morgan fingerprint density at radius 2 is 2.04 bits per heavy atom. The predicted molar refractivity (Wildman–Crippen MR) is 95.3 cm³/mol. The van der Waals surface area contributed by atoms with Crippen molar-refractivity contribution in [1.82, 2.24) is 15.1 Å². The molecular formula is C19H22F2N4O3. The van der Waals surface area contributed by atoms with Gasteiger partial charge in [-0.1, -0.05) is 12.1 Å². The number of hydrogen-bond donors (Lipinski definition) is 2. The number of likely N-dealkylation sites (tertiary alicyclic amines) is 1. The Labute approximate surface area is 160 Å². The third-order valence-corrected chi connectivity index (χ3v) is 5.58. The summed E-state index contributed by atoms with van der Waals surface area (Å²) >= 11 is 0. The highest BCUT2D eigenvalue weighted by atomic mass is 19.3. The topological polar surface area (TPSA) is 95.7 Å². The molecule has 0 aliphatic carbocycles. The molecule has 2 saturated heterocycles. The fourth-order valence-corrected chi connectivity index (χ4v) is 4.40. The van der Waals surface area contributed by atoms with Crippen LogP contribution in [0.4, 0.5) is 8.78 Å². The van der Waals surface area contributed by atoms with E-state index in [1.165, 1.54) is 4.90 Å². The molecule has 2 fully saturated rings. The number of carbonyl (C=O) groups excluding carboxylic acids is 3. The SMILES string of the molecule is N[C@@H]1CN(Cc2cccc3c2CN(C2CCC(=O)NC2=O)C3=O)CC(F)(F)C1. The molecule has 0 spiro atoms. The van der Waals surface area contributed by atoms with Crippen molar-refractivity contribution in [2.45, 2.75) is 50.4 Å². The Kier molecular flexibility index (Phi) is 4.67. The molecular weight excluding hydrogens is 370 g/mol. The van der Waals surface area contributed by atoms with E-state index >= 15 is 0 Å². The minimum atomic E-state index is -2.83. The molecule has 4 rings (SSSR count). The molecule has 0 saturated carbocycles. The number of carbonyl (C=O) groups is 3. The lowest BCUT2D eigenvalue weighted by molar-refractivity contribution is -0.136. The Morgan fingerprint density at radius 1 is 1.25 bits per heavy atom. The number of fused-ring (bicyclic) bond motifs is 1. The highest BCUT2D eigenvalue weighted by Crippen LogP contribution is 2.32. The third-order valence-electron chi connectivity index (χ3n) is 5.58. The zero-order chi connectivity index (χ0) is 20.1. The quantitative estimate of drug-likeness (QED) is 0.735. The number of imide groups is 1. The first kappa shape index (κ1) is 18.9. The second-order valence-electron chi connectivity index (χ2n) is 7.83. The molecule has 0 aromatic heterocycles. The first-order chi connectivity index (χ1) is 13.2. The summed E-state index contributed by atoms with van der Waals surface area (Å²) in [4.78, 5) is 39.5. The van der Waals surface area contributed by atoms with E-state index in [1.807, 2.05) is 6.07 Å². The number of rotatable bonds is 3. The zero-order valence-corrected chi connectivity index (χ0v) is 15.3. The summed E-state index contributed by atoms with van der Waals surface area (Å²) in [6.45, 7) is 0.495. The van der Waals surface area contributed by atoms with Gasteiger partial charge in [0.25, 0.3) is 11.8 Å². The monoisotopic (exact) mass is 392 g/mol. The van der Waals surface area contributed by atoms with Gasteiger partial charge in [-0.2, -0.15) is 0 Å². The van der Waals surface area contributed by atoms with Gasteiger partial charge in [0, 0.05) is 44.1 Å². The average Bonchev–Trinajstić information content (AvgIpc) is 2.91. The standard InChI is InChI=1S/C19H22F2N4O3/c20-19(21)6-12(22)8-24(10-19)7-11-2-1-3-13-14(11)9-25(18(13)28)15-4-5-16(26)23-17(15)27/h1-3,12,15H,4-10,22H2,(H,23,26,27)/t12-,15?/m0/s1. The van der Waals surface area contributed by atoms with E-state index in [9.17, 15) is 23.2 Å². The van der Waals surface area contributed by atoms with Crippen molar-refractivity contribution in [3.05, 3.63) is 34.9 Å². The fourth-order valence-electron chi connectivity index (χ4n) is 4.40. The van der Waals surface area contributed by atoms with E-state index in [-0.39, 0.29) is 50.7 Å². The van der Waals surface area contributed by atoms with Gasteiger partial charge in [-0.15, -0.1) is 0 Å². The lowest BCUT2D eigenvalue weighted by atomic mass is 9.99. The molecule has 7 nitrogen and oxygen atoms in total. The summed E-state index contributed by atoms with van der Waals surface area (Å²) in [5.74, 6) is -3.91. The molecule has 9 heteroatoms. The molecule has 0 bridgehead atoms. The van der Waals surface area contributed by atoms with Crippen LogP contribution in [0.5, 0.6) is 0 Å². The van der Waals surface area contributed by atoms with Gasteiger partial charge in [0.2, 0.25) is 11.8 Å². The molecule has 1 aromatic carbocycles. The van der Waals surface area contributed by atoms with Gasteiger partial charge >= 0.3 is 0 Å².